The second-order valence-electron chi connectivity index (χ2n) is 6.76. The number of nitrogens with two attached hydrogens (primary N) is 1. The number of carboxylic acid groups (broad SMARTS) is 1. The number of nitrogens with one attached hydrogen (secondary N) is 1. The molecule has 23 heavy (non-hydrogen) atoms. The predicted molar refractivity (Wildman–Crippen MR) is 89.1 cm³/mol. The zero-order valence-electron chi connectivity index (χ0n) is 14.1. The number of hydrogen-bond acceptors (Lipinski definition) is 4. The van der Waals surface area contributed by atoms with Gasteiger partial charge >= 0.3 is 12.1 Å². The fourth-order valence-corrected chi connectivity index (χ4v) is 2.13. The molecule has 6 heteroatoms. The van der Waals surface area contributed by atoms with E-state index in [0.29, 0.717) is 18.5 Å². The van der Waals surface area contributed by atoms with Gasteiger partial charge in [-0.15, -0.1) is 0 Å². The Morgan fingerprint density at radius 3 is 2.30 bits per heavy atom. The standard InChI is InChI=1S/C17H26N2O4/c1-11(15(20)21)9-14(19-16(22)23-17(2,3)4)10-12-5-7-13(18)8-6-12/h5-8,11,14H,9-10,18H2,1-4H3,(H,19,22)(H,20,21). The van der Waals surface area contributed by atoms with Crippen LogP contribution in [0.3, 0.4) is 0 Å². The molecule has 0 saturated heterocycles. The van der Waals surface area contributed by atoms with Gasteiger partial charge in [0.1, 0.15) is 5.60 Å². The summed E-state index contributed by atoms with van der Waals surface area (Å²) in [6, 6.07) is 6.95. The minimum atomic E-state index is -0.890. The molecule has 2 atom stereocenters. The Kier molecular flexibility index (Phi) is 6.42. The molecule has 1 amide bonds. The Hall–Kier alpha value is -2.24. The Bertz CT molecular complexity index is 535. The van der Waals surface area contributed by atoms with Crippen LogP contribution in [-0.2, 0) is 16.0 Å². The maximum atomic E-state index is 12.0. The van der Waals surface area contributed by atoms with Crippen LogP contribution < -0.4 is 11.1 Å². The van der Waals surface area contributed by atoms with Crippen molar-refractivity contribution in [2.24, 2.45) is 5.92 Å². The minimum Gasteiger partial charge on any atom is -0.481 e. The van der Waals surface area contributed by atoms with Crippen LogP contribution in [0, 0.1) is 5.92 Å². The van der Waals surface area contributed by atoms with Gasteiger partial charge < -0.3 is 20.9 Å². The van der Waals surface area contributed by atoms with Crippen molar-refractivity contribution in [1.82, 2.24) is 5.32 Å². The van der Waals surface area contributed by atoms with Crippen molar-refractivity contribution in [3.8, 4) is 0 Å². The van der Waals surface area contributed by atoms with Gasteiger partial charge in [0, 0.05) is 11.7 Å². The zero-order valence-corrected chi connectivity index (χ0v) is 14.1. The highest BCUT2D eigenvalue weighted by Gasteiger charge is 2.23. The molecule has 0 aliphatic rings. The molecule has 0 radical (unpaired) electrons. The van der Waals surface area contributed by atoms with Gasteiger partial charge in [0.2, 0.25) is 0 Å². The molecule has 0 spiro atoms. The highest BCUT2D eigenvalue weighted by atomic mass is 16.6. The lowest BCUT2D eigenvalue weighted by molar-refractivity contribution is -0.141. The molecule has 0 saturated carbocycles. The van der Waals surface area contributed by atoms with E-state index in [1.54, 1.807) is 39.8 Å². The zero-order chi connectivity index (χ0) is 17.6. The third-order valence-corrected chi connectivity index (χ3v) is 3.24. The van der Waals surface area contributed by atoms with Crippen molar-refractivity contribution in [2.45, 2.75) is 52.2 Å². The van der Waals surface area contributed by atoms with Gasteiger partial charge in [0.25, 0.3) is 0 Å². The second-order valence-corrected chi connectivity index (χ2v) is 6.76. The molecule has 0 heterocycles. The largest absolute Gasteiger partial charge is 0.481 e. The number of anilines is 1. The molecule has 128 valence electrons. The fraction of sp³-hybridized carbons (Fsp3) is 0.529. The fourth-order valence-electron chi connectivity index (χ4n) is 2.13. The highest BCUT2D eigenvalue weighted by Crippen LogP contribution is 2.15. The highest BCUT2D eigenvalue weighted by molar-refractivity contribution is 5.70. The summed E-state index contributed by atoms with van der Waals surface area (Å²) in [5.41, 5.74) is 6.68. The average Bonchev–Trinajstić information content (AvgIpc) is 2.38. The number of aliphatic carboxylic acids is 1. The molecule has 4 N–H and O–H groups in total. The van der Waals surface area contributed by atoms with E-state index in [-0.39, 0.29) is 6.04 Å². The molecule has 2 unspecified atom stereocenters. The number of carbonyl (C=O) groups excluding carboxylic acids is 1. The summed E-state index contributed by atoms with van der Waals surface area (Å²) in [7, 11) is 0. The van der Waals surface area contributed by atoms with Crippen molar-refractivity contribution >= 4 is 17.7 Å². The van der Waals surface area contributed by atoms with Crippen molar-refractivity contribution in [3.63, 3.8) is 0 Å². The molecule has 0 aliphatic carbocycles. The lowest BCUT2D eigenvalue weighted by atomic mass is 9.96. The summed E-state index contributed by atoms with van der Waals surface area (Å²) in [5, 5.41) is 11.9. The summed E-state index contributed by atoms with van der Waals surface area (Å²) >= 11 is 0. The van der Waals surface area contributed by atoms with Gasteiger partial charge in [-0.05, 0) is 51.3 Å². The molecule has 0 aliphatic heterocycles. The molecular weight excluding hydrogens is 296 g/mol. The van der Waals surface area contributed by atoms with Crippen LogP contribution in [0.25, 0.3) is 0 Å². The number of carbonyl (C=O) groups is 2. The maximum absolute atomic E-state index is 12.0. The SMILES string of the molecule is CC(CC(Cc1ccc(N)cc1)NC(=O)OC(C)(C)C)C(=O)O. The molecule has 0 aromatic heterocycles. The van der Waals surface area contributed by atoms with Crippen molar-refractivity contribution in [3.05, 3.63) is 29.8 Å². The third-order valence-electron chi connectivity index (χ3n) is 3.24. The van der Waals surface area contributed by atoms with Crippen LogP contribution in [0.5, 0.6) is 0 Å². The molecule has 1 aromatic carbocycles. The van der Waals surface area contributed by atoms with E-state index in [1.165, 1.54) is 0 Å². The van der Waals surface area contributed by atoms with Crippen LogP contribution in [0.4, 0.5) is 10.5 Å². The number of nitrogen functional groups attached to an aromatic ring is 1. The molecular formula is C17H26N2O4. The Labute approximate surface area is 137 Å². The first-order chi connectivity index (χ1) is 10.6. The quantitative estimate of drug-likeness (QED) is 0.699. The van der Waals surface area contributed by atoms with E-state index in [2.05, 4.69) is 5.32 Å². The summed E-state index contributed by atoms with van der Waals surface area (Å²) < 4.78 is 5.25. The monoisotopic (exact) mass is 322 g/mol. The van der Waals surface area contributed by atoms with E-state index in [9.17, 15) is 9.59 Å². The Morgan fingerprint density at radius 1 is 1.26 bits per heavy atom. The van der Waals surface area contributed by atoms with E-state index in [0.717, 1.165) is 5.56 Å². The lowest BCUT2D eigenvalue weighted by Gasteiger charge is -2.24. The number of rotatable bonds is 6. The van der Waals surface area contributed by atoms with Gasteiger partial charge in [0.05, 0.1) is 5.92 Å². The number of carboxylic acids is 1. The summed E-state index contributed by atoms with van der Waals surface area (Å²) in [6.45, 7) is 6.96. The second kappa shape index (κ2) is 7.85. The number of benzene rings is 1. The first kappa shape index (κ1) is 18.8. The van der Waals surface area contributed by atoms with Crippen molar-refractivity contribution < 1.29 is 19.4 Å². The Morgan fingerprint density at radius 2 is 1.83 bits per heavy atom. The number of ether oxygens (including phenoxy) is 1. The van der Waals surface area contributed by atoms with E-state index in [4.69, 9.17) is 15.6 Å². The lowest BCUT2D eigenvalue weighted by Crippen LogP contribution is -2.41. The smallest absolute Gasteiger partial charge is 0.407 e. The number of amides is 1. The predicted octanol–water partition coefficient (Wildman–Crippen LogP) is 2.82. The number of alkyl carbamates (subject to hydrolysis) is 1. The molecule has 1 rings (SSSR count). The van der Waals surface area contributed by atoms with Crippen LogP contribution in [0.1, 0.15) is 39.7 Å². The first-order valence-corrected chi connectivity index (χ1v) is 7.63. The summed E-state index contributed by atoms with van der Waals surface area (Å²) in [4.78, 5) is 23.0. The minimum absolute atomic E-state index is 0.318. The first-order valence-electron chi connectivity index (χ1n) is 7.63. The number of hydrogen-bond donors (Lipinski definition) is 3. The normalized spacial score (nSPS) is 13.9. The molecule has 0 fully saturated rings. The van der Waals surface area contributed by atoms with Crippen LogP contribution in [-0.4, -0.2) is 28.8 Å². The van der Waals surface area contributed by atoms with Gasteiger partial charge in [-0.2, -0.15) is 0 Å². The Balaban J connectivity index is 2.77. The summed E-state index contributed by atoms with van der Waals surface area (Å²) in [6.07, 6.45) is 0.284. The summed E-state index contributed by atoms with van der Waals surface area (Å²) in [5.74, 6) is -1.46. The third kappa shape index (κ3) is 7.54. The average molecular weight is 322 g/mol. The van der Waals surface area contributed by atoms with Gasteiger partial charge in [-0.3, -0.25) is 4.79 Å². The molecule has 6 nitrogen and oxygen atoms in total. The van der Waals surface area contributed by atoms with Gasteiger partial charge in [-0.1, -0.05) is 19.1 Å². The van der Waals surface area contributed by atoms with Crippen LogP contribution in [0.2, 0.25) is 0 Å². The van der Waals surface area contributed by atoms with Crippen LogP contribution in [0.15, 0.2) is 24.3 Å². The van der Waals surface area contributed by atoms with Crippen LogP contribution >= 0.6 is 0 Å². The molecule has 0 bridgehead atoms. The van der Waals surface area contributed by atoms with Gasteiger partial charge in [-0.25, -0.2) is 4.79 Å². The van der Waals surface area contributed by atoms with E-state index >= 15 is 0 Å². The topological polar surface area (TPSA) is 102 Å². The van der Waals surface area contributed by atoms with E-state index in [1.807, 2.05) is 12.1 Å². The maximum Gasteiger partial charge on any atom is 0.407 e. The molecule has 1 aromatic rings. The van der Waals surface area contributed by atoms with Crippen molar-refractivity contribution in [2.75, 3.05) is 5.73 Å². The van der Waals surface area contributed by atoms with E-state index < -0.39 is 23.6 Å². The van der Waals surface area contributed by atoms with Crippen molar-refractivity contribution in [1.29, 1.82) is 0 Å². The van der Waals surface area contributed by atoms with Gasteiger partial charge in [0.15, 0.2) is 0 Å².